The van der Waals surface area contributed by atoms with Gasteiger partial charge in [-0.2, -0.15) is 0 Å². The molecule has 0 saturated carbocycles. The van der Waals surface area contributed by atoms with Gasteiger partial charge < -0.3 is 15.1 Å². The summed E-state index contributed by atoms with van der Waals surface area (Å²) in [5.74, 6) is -0.268. The van der Waals surface area contributed by atoms with Crippen LogP contribution >= 0.6 is 0 Å². The zero-order chi connectivity index (χ0) is 27.2. The van der Waals surface area contributed by atoms with Crippen molar-refractivity contribution in [3.8, 4) is 11.1 Å². The lowest BCUT2D eigenvalue weighted by Gasteiger charge is -2.26. The van der Waals surface area contributed by atoms with Gasteiger partial charge in [0.05, 0.1) is 11.4 Å². The third-order valence-electron chi connectivity index (χ3n) is 7.36. The molecular weight excluding hydrogens is 482 g/mol. The smallest absolute Gasteiger partial charge is 0.258 e. The Hall–Kier alpha value is -4.38. The largest absolute Gasteiger partial charge is 0.370 e. The van der Waals surface area contributed by atoms with Gasteiger partial charge >= 0.3 is 0 Å². The molecule has 1 fully saturated rings. The Morgan fingerprint density at radius 1 is 0.821 bits per heavy atom. The zero-order valence-corrected chi connectivity index (χ0v) is 22.7. The molecule has 4 aromatic rings. The number of anilines is 3. The topological polar surface area (TPSA) is 52.7 Å². The second-order valence-corrected chi connectivity index (χ2v) is 10.1. The van der Waals surface area contributed by atoms with Gasteiger partial charge in [-0.25, -0.2) is 0 Å². The van der Waals surface area contributed by atoms with Crippen LogP contribution in [0.25, 0.3) is 11.1 Å². The summed E-state index contributed by atoms with van der Waals surface area (Å²) in [4.78, 5) is 30.7. The van der Waals surface area contributed by atoms with Crippen LogP contribution in [0.5, 0.6) is 0 Å². The molecular formula is C34H35N3O2. The molecule has 0 spiro atoms. The Labute approximate surface area is 231 Å². The zero-order valence-electron chi connectivity index (χ0n) is 22.7. The van der Waals surface area contributed by atoms with E-state index in [2.05, 4.69) is 47.5 Å². The van der Waals surface area contributed by atoms with Gasteiger partial charge in [-0.1, -0.05) is 67.9 Å². The first-order valence-electron chi connectivity index (χ1n) is 13.8. The lowest BCUT2D eigenvalue weighted by molar-refractivity contribution is 0.0991. The van der Waals surface area contributed by atoms with Crippen LogP contribution in [0.2, 0.25) is 0 Å². The van der Waals surface area contributed by atoms with Crippen molar-refractivity contribution in [2.24, 2.45) is 0 Å². The molecule has 5 rings (SSSR count). The van der Waals surface area contributed by atoms with E-state index in [1.54, 1.807) is 29.2 Å². The van der Waals surface area contributed by atoms with Gasteiger partial charge in [0.25, 0.3) is 11.8 Å². The van der Waals surface area contributed by atoms with Crippen molar-refractivity contribution in [1.29, 1.82) is 0 Å². The van der Waals surface area contributed by atoms with Crippen molar-refractivity contribution in [3.05, 3.63) is 114 Å². The number of aryl methyl sites for hydroxylation is 1. The van der Waals surface area contributed by atoms with Crippen molar-refractivity contribution in [1.82, 2.24) is 0 Å². The molecule has 198 valence electrons. The summed E-state index contributed by atoms with van der Waals surface area (Å²) in [5, 5.41) is 3.00. The lowest BCUT2D eigenvalue weighted by Crippen LogP contribution is -2.29. The van der Waals surface area contributed by atoms with E-state index in [-0.39, 0.29) is 11.8 Å². The molecule has 0 unspecified atom stereocenters. The molecule has 0 radical (unpaired) electrons. The van der Waals surface area contributed by atoms with E-state index in [4.69, 9.17) is 0 Å². The molecule has 39 heavy (non-hydrogen) atoms. The van der Waals surface area contributed by atoms with Gasteiger partial charge in [-0.3, -0.25) is 9.59 Å². The molecule has 1 N–H and O–H groups in total. The van der Waals surface area contributed by atoms with Crippen LogP contribution in [0.15, 0.2) is 97.1 Å². The highest BCUT2D eigenvalue weighted by atomic mass is 16.2. The maximum Gasteiger partial charge on any atom is 0.258 e. The highest BCUT2D eigenvalue weighted by Crippen LogP contribution is 2.32. The number of benzene rings is 4. The molecule has 0 aromatic heterocycles. The SMILES string of the molecule is CCCc1ccc(-c2ccccc2C(=O)Nc2ccc(C(=O)N(C)c3ccccc3N3CCCC3)cc2)cc1. The van der Waals surface area contributed by atoms with Crippen LogP contribution in [0.4, 0.5) is 17.1 Å². The lowest BCUT2D eigenvalue weighted by atomic mass is 9.97. The van der Waals surface area contributed by atoms with Crippen LogP contribution in [0.3, 0.4) is 0 Å². The average Bonchev–Trinajstić information content (AvgIpc) is 3.52. The van der Waals surface area contributed by atoms with E-state index in [0.717, 1.165) is 48.4 Å². The fraction of sp³-hybridized carbons (Fsp3) is 0.235. The monoisotopic (exact) mass is 517 g/mol. The van der Waals surface area contributed by atoms with Gasteiger partial charge in [0.2, 0.25) is 0 Å². The Morgan fingerprint density at radius 2 is 1.49 bits per heavy atom. The van der Waals surface area contributed by atoms with Crippen molar-refractivity contribution >= 4 is 28.9 Å². The Balaban J connectivity index is 1.30. The number of rotatable bonds is 8. The van der Waals surface area contributed by atoms with Crippen LogP contribution in [-0.4, -0.2) is 32.0 Å². The normalized spacial score (nSPS) is 12.8. The van der Waals surface area contributed by atoms with Gasteiger partial charge in [-0.05, 0) is 78.4 Å². The molecule has 1 aliphatic rings. The quantitative estimate of drug-likeness (QED) is 0.264. The molecule has 1 saturated heterocycles. The number of hydrogen-bond acceptors (Lipinski definition) is 3. The second kappa shape index (κ2) is 12.0. The molecule has 0 aliphatic carbocycles. The summed E-state index contributed by atoms with van der Waals surface area (Å²) >= 11 is 0. The van der Waals surface area contributed by atoms with E-state index in [1.807, 2.05) is 49.5 Å². The van der Waals surface area contributed by atoms with Crippen molar-refractivity contribution < 1.29 is 9.59 Å². The van der Waals surface area contributed by atoms with Crippen LogP contribution in [0.1, 0.15) is 52.5 Å². The van der Waals surface area contributed by atoms with Crippen LogP contribution < -0.4 is 15.1 Å². The highest BCUT2D eigenvalue weighted by molar-refractivity contribution is 6.10. The minimum absolute atomic E-state index is 0.0867. The van der Waals surface area contributed by atoms with Gasteiger partial charge in [0.1, 0.15) is 0 Å². The average molecular weight is 518 g/mol. The first kappa shape index (κ1) is 26.2. The summed E-state index contributed by atoms with van der Waals surface area (Å²) in [6.07, 6.45) is 4.50. The van der Waals surface area contributed by atoms with E-state index >= 15 is 0 Å². The van der Waals surface area contributed by atoms with E-state index in [9.17, 15) is 9.59 Å². The molecule has 1 aliphatic heterocycles. The number of nitrogens with zero attached hydrogens (tertiary/aromatic N) is 2. The standard InChI is InChI=1S/C34H35N3O2/c1-3-10-25-15-17-26(18-16-25)29-11-4-5-12-30(29)33(38)35-28-21-19-27(20-22-28)34(39)36(2)31-13-6-7-14-32(31)37-23-8-9-24-37/h4-7,11-22H,3,8-10,23-24H2,1-2H3,(H,35,38). The Bertz CT molecular complexity index is 1440. The predicted octanol–water partition coefficient (Wildman–Crippen LogP) is 7.44. The van der Waals surface area contributed by atoms with Crippen LogP contribution in [-0.2, 0) is 6.42 Å². The van der Waals surface area contributed by atoms with Crippen molar-refractivity contribution in [2.45, 2.75) is 32.6 Å². The molecule has 0 bridgehead atoms. The highest BCUT2D eigenvalue weighted by Gasteiger charge is 2.21. The molecule has 0 atom stereocenters. The minimum atomic E-state index is -0.182. The first-order chi connectivity index (χ1) is 19.0. The van der Waals surface area contributed by atoms with E-state index < -0.39 is 0 Å². The third-order valence-corrected chi connectivity index (χ3v) is 7.36. The number of hydrogen-bond donors (Lipinski definition) is 1. The van der Waals surface area contributed by atoms with Gasteiger partial charge in [0, 0.05) is 37.0 Å². The number of para-hydroxylation sites is 2. The minimum Gasteiger partial charge on any atom is -0.370 e. The maximum absolute atomic E-state index is 13.4. The number of amides is 2. The van der Waals surface area contributed by atoms with Crippen molar-refractivity contribution in [2.75, 3.05) is 35.3 Å². The summed E-state index contributed by atoms with van der Waals surface area (Å²) in [7, 11) is 1.82. The van der Waals surface area contributed by atoms with Gasteiger partial charge in [0.15, 0.2) is 0 Å². The Kier molecular flexibility index (Phi) is 8.07. The summed E-state index contributed by atoms with van der Waals surface area (Å²) < 4.78 is 0. The van der Waals surface area contributed by atoms with Crippen molar-refractivity contribution in [3.63, 3.8) is 0 Å². The summed E-state index contributed by atoms with van der Waals surface area (Å²) in [6.45, 7) is 4.20. The first-order valence-corrected chi connectivity index (χ1v) is 13.8. The predicted molar refractivity (Wildman–Crippen MR) is 161 cm³/mol. The number of nitrogens with one attached hydrogen (secondary N) is 1. The fourth-order valence-electron chi connectivity index (χ4n) is 5.24. The molecule has 4 aromatic carbocycles. The molecule has 5 heteroatoms. The number of carbonyl (C=O) groups is 2. The second-order valence-electron chi connectivity index (χ2n) is 10.1. The summed E-state index contributed by atoms with van der Waals surface area (Å²) in [5.41, 5.74) is 7.02. The molecule has 2 amide bonds. The molecule has 1 heterocycles. The van der Waals surface area contributed by atoms with Gasteiger partial charge in [-0.15, -0.1) is 0 Å². The third kappa shape index (κ3) is 5.88. The molecule has 5 nitrogen and oxygen atoms in total. The Morgan fingerprint density at radius 3 is 2.21 bits per heavy atom. The summed E-state index contributed by atoms with van der Waals surface area (Å²) in [6, 6.07) is 31.2. The van der Waals surface area contributed by atoms with Crippen LogP contribution in [0, 0.1) is 0 Å². The maximum atomic E-state index is 13.4. The van der Waals surface area contributed by atoms with E-state index in [0.29, 0.717) is 16.8 Å². The van der Waals surface area contributed by atoms with E-state index in [1.165, 1.54) is 18.4 Å². The fourth-order valence-corrected chi connectivity index (χ4v) is 5.24. The number of carbonyl (C=O) groups excluding carboxylic acids is 2.